The molecule has 2 aliphatic rings. The van der Waals surface area contributed by atoms with E-state index in [9.17, 15) is 14.9 Å². The standard InChI is InChI=1S/C26H26N4O3/c1-15(2)33-22-8-7-16(9-17(22)14-27)24(31)28-19-12-26(13-19)10-18(11-26)23-20-5-3-4-6-21(20)25(32)30-29-23/h3-9,15,18-19H,10-13H2,1-2H3,(H,28,31)(H,30,32)/t18-,19-,26?. The van der Waals surface area contributed by atoms with Crippen molar-refractivity contribution in [1.29, 1.82) is 5.26 Å². The lowest BCUT2D eigenvalue weighted by molar-refractivity contribution is -0.0196. The van der Waals surface area contributed by atoms with Gasteiger partial charge in [-0.15, -0.1) is 0 Å². The zero-order valence-electron chi connectivity index (χ0n) is 18.7. The Balaban J connectivity index is 1.20. The summed E-state index contributed by atoms with van der Waals surface area (Å²) in [6.45, 7) is 3.80. The van der Waals surface area contributed by atoms with Crippen LogP contribution in [0.25, 0.3) is 10.8 Å². The fourth-order valence-electron chi connectivity index (χ4n) is 5.43. The molecule has 0 bridgehead atoms. The van der Waals surface area contributed by atoms with Gasteiger partial charge in [0.25, 0.3) is 11.5 Å². The van der Waals surface area contributed by atoms with Crippen molar-refractivity contribution in [2.45, 2.75) is 57.6 Å². The summed E-state index contributed by atoms with van der Waals surface area (Å²) in [7, 11) is 0. The van der Waals surface area contributed by atoms with E-state index in [1.54, 1.807) is 18.2 Å². The monoisotopic (exact) mass is 442 g/mol. The zero-order valence-corrected chi connectivity index (χ0v) is 18.7. The van der Waals surface area contributed by atoms with Crippen LogP contribution in [0, 0.1) is 16.7 Å². The largest absolute Gasteiger partial charge is 0.490 e. The van der Waals surface area contributed by atoms with E-state index in [0.717, 1.165) is 36.8 Å². The normalized spacial score (nSPS) is 23.6. The Bertz CT molecular complexity index is 1320. The number of rotatable bonds is 5. The van der Waals surface area contributed by atoms with Gasteiger partial charge < -0.3 is 10.1 Å². The summed E-state index contributed by atoms with van der Waals surface area (Å²) in [6, 6.07) is 14.8. The first kappa shape index (κ1) is 21.2. The number of aromatic nitrogens is 2. The fourth-order valence-corrected chi connectivity index (χ4v) is 5.43. The lowest BCUT2D eigenvalue weighted by Crippen LogP contribution is -2.55. The van der Waals surface area contributed by atoms with E-state index in [1.165, 1.54) is 0 Å². The van der Waals surface area contributed by atoms with E-state index in [-0.39, 0.29) is 29.0 Å². The van der Waals surface area contributed by atoms with Crippen molar-refractivity contribution in [3.8, 4) is 11.8 Å². The number of nitrogens with one attached hydrogen (secondary N) is 2. The van der Waals surface area contributed by atoms with Crippen molar-refractivity contribution in [3.05, 3.63) is 69.6 Å². The van der Waals surface area contributed by atoms with Gasteiger partial charge in [-0.1, -0.05) is 18.2 Å². The Morgan fingerprint density at radius 1 is 1.18 bits per heavy atom. The van der Waals surface area contributed by atoms with Crippen molar-refractivity contribution < 1.29 is 9.53 Å². The van der Waals surface area contributed by atoms with Gasteiger partial charge in [0.05, 0.1) is 22.7 Å². The molecule has 1 spiro atoms. The van der Waals surface area contributed by atoms with Gasteiger partial charge in [-0.3, -0.25) is 9.59 Å². The number of carbonyl (C=O) groups excluding carboxylic acids is 1. The second kappa shape index (κ2) is 8.04. The number of carbonyl (C=O) groups is 1. The Kier molecular flexibility index (Phi) is 5.16. The highest BCUT2D eigenvalue weighted by molar-refractivity contribution is 5.95. The Morgan fingerprint density at radius 3 is 2.61 bits per heavy atom. The highest BCUT2D eigenvalue weighted by Gasteiger charge is 2.54. The number of fused-ring (bicyclic) bond motifs is 1. The summed E-state index contributed by atoms with van der Waals surface area (Å²) >= 11 is 0. The van der Waals surface area contributed by atoms with Crippen LogP contribution < -0.4 is 15.6 Å². The Morgan fingerprint density at radius 2 is 1.91 bits per heavy atom. The molecule has 1 amide bonds. The van der Waals surface area contributed by atoms with Crippen LogP contribution in [0.4, 0.5) is 0 Å². The fraction of sp³-hybridized carbons (Fsp3) is 0.385. The van der Waals surface area contributed by atoms with Crippen LogP contribution in [-0.4, -0.2) is 28.3 Å². The minimum Gasteiger partial charge on any atom is -0.490 e. The molecule has 1 aromatic heterocycles. The molecule has 2 saturated carbocycles. The van der Waals surface area contributed by atoms with Gasteiger partial charge in [0, 0.05) is 22.9 Å². The molecule has 0 aliphatic heterocycles. The predicted molar refractivity (Wildman–Crippen MR) is 124 cm³/mol. The molecule has 33 heavy (non-hydrogen) atoms. The van der Waals surface area contributed by atoms with Crippen molar-refractivity contribution in [3.63, 3.8) is 0 Å². The van der Waals surface area contributed by atoms with E-state index in [4.69, 9.17) is 4.74 Å². The van der Waals surface area contributed by atoms with E-state index < -0.39 is 0 Å². The molecule has 3 aromatic rings. The smallest absolute Gasteiger partial charge is 0.272 e. The van der Waals surface area contributed by atoms with Crippen LogP contribution in [-0.2, 0) is 0 Å². The van der Waals surface area contributed by atoms with E-state index in [1.807, 2.05) is 38.1 Å². The van der Waals surface area contributed by atoms with Crippen LogP contribution in [0.5, 0.6) is 5.75 Å². The number of hydrogen-bond acceptors (Lipinski definition) is 5. The minimum atomic E-state index is -0.161. The summed E-state index contributed by atoms with van der Waals surface area (Å²) in [5.74, 6) is 0.664. The lowest BCUT2D eigenvalue weighted by Gasteiger charge is -2.57. The SMILES string of the molecule is CC(C)Oc1ccc(C(=O)N[C@H]2CC3(C2)C[C@H](c2n[nH]c(=O)c4ccccc42)C3)cc1C#N. The Labute approximate surface area is 191 Å². The first-order chi connectivity index (χ1) is 15.9. The molecule has 0 radical (unpaired) electrons. The second-order valence-corrected chi connectivity index (χ2v) is 9.66. The molecule has 2 fully saturated rings. The number of ether oxygens (including phenoxy) is 1. The third kappa shape index (κ3) is 3.86. The quantitative estimate of drug-likeness (QED) is 0.620. The molecule has 2 aromatic carbocycles. The molecule has 0 saturated heterocycles. The first-order valence-electron chi connectivity index (χ1n) is 11.4. The van der Waals surface area contributed by atoms with Crippen molar-refractivity contribution in [2.75, 3.05) is 0 Å². The molecule has 2 aliphatic carbocycles. The van der Waals surface area contributed by atoms with Crippen LogP contribution in [0.3, 0.4) is 0 Å². The summed E-state index contributed by atoms with van der Waals surface area (Å²) in [5, 5.41) is 21.1. The zero-order chi connectivity index (χ0) is 23.2. The number of hydrogen-bond donors (Lipinski definition) is 2. The molecule has 1 heterocycles. The number of benzene rings is 2. The lowest BCUT2D eigenvalue weighted by atomic mass is 9.49. The van der Waals surface area contributed by atoms with Crippen LogP contribution in [0.1, 0.15) is 67.1 Å². The van der Waals surface area contributed by atoms with E-state index >= 15 is 0 Å². The third-order valence-corrected chi connectivity index (χ3v) is 6.89. The second-order valence-electron chi connectivity index (χ2n) is 9.66. The van der Waals surface area contributed by atoms with Crippen LogP contribution >= 0.6 is 0 Å². The molecular formula is C26H26N4O3. The van der Waals surface area contributed by atoms with Crippen molar-refractivity contribution in [1.82, 2.24) is 15.5 Å². The number of amides is 1. The maximum absolute atomic E-state index is 12.7. The van der Waals surface area contributed by atoms with E-state index in [0.29, 0.717) is 28.2 Å². The highest BCUT2D eigenvalue weighted by atomic mass is 16.5. The summed E-state index contributed by atoms with van der Waals surface area (Å²) in [4.78, 5) is 24.8. The molecule has 2 N–H and O–H groups in total. The average molecular weight is 443 g/mol. The molecular weight excluding hydrogens is 416 g/mol. The molecule has 5 rings (SSSR count). The number of aromatic amines is 1. The van der Waals surface area contributed by atoms with Crippen LogP contribution in [0.15, 0.2) is 47.3 Å². The van der Waals surface area contributed by atoms with Gasteiger partial charge in [0.1, 0.15) is 11.8 Å². The molecule has 168 valence electrons. The summed E-state index contributed by atoms with van der Waals surface area (Å²) in [5.41, 5.74) is 1.89. The third-order valence-electron chi connectivity index (χ3n) is 6.89. The highest BCUT2D eigenvalue weighted by Crippen LogP contribution is 2.62. The molecule has 7 heteroatoms. The first-order valence-corrected chi connectivity index (χ1v) is 11.4. The van der Waals surface area contributed by atoms with Crippen LogP contribution in [0.2, 0.25) is 0 Å². The number of H-pyrrole nitrogens is 1. The van der Waals surface area contributed by atoms with Gasteiger partial charge >= 0.3 is 0 Å². The van der Waals surface area contributed by atoms with Gasteiger partial charge in [0.15, 0.2) is 0 Å². The predicted octanol–water partition coefficient (Wildman–Crippen LogP) is 4.04. The molecule has 0 atom stereocenters. The maximum atomic E-state index is 12.7. The summed E-state index contributed by atoms with van der Waals surface area (Å²) in [6.07, 6.45) is 3.87. The topological polar surface area (TPSA) is 108 Å². The minimum absolute atomic E-state index is 0.0430. The van der Waals surface area contributed by atoms with Crippen molar-refractivity contribution in [2.24, 2.45) is 5.41 Å². The number of nitriles is 1. The maximum Gasteiger partial charge on any atom is 0.272 e. The van der Waals surface area contributed by atoms with Gasteiger partial charge in [-0.05, 0) is 69.2 Å². The van der Waals surface area contributed by atoms with E-state index in [2.05, 4.69) is 21.6 Å². The average Bonchev–Trinajstić information content (AvgIpc) is 2.75. The molecule has 7 nitrogen and oxygen atoms in total. The Hall–Kier alpha value is -3.66. The number of nitrogens with zero attached hydrogens (tertiary/aromatic N) is 2. The summed E-state index contributed by atoms with van der Waals surface area (Å²) < 4.78 is 5.63. The molecule has 0 unspecified atom stereocenters. The van der Waals surface area contributed by atoms with Crippen molar-refractivity contribution >= 4 is 16.7 Å². The van der Waals surface area contributed by atoms with Gasteiger partial charge in [0.2, 0.25) is 0 Å². The van der Waals surface area contributed by atoms with Gasteiger partial charge in [-0.2, -0.15) is 10.4 Å². The van der Waals surface area contributed by atoms with Gasteiger partial charge in [-0.25, -0.2) is 5.10 Å².